The minimum absolute atomic E-state index is 0.0380. The summed E-state index contributed by atoms with van der Waals surface area (Å²) in [5, 5.41) is 12.9. The predicted octanol–water partition coefficient (Wildman–Crippen LogP) is 1.68. The summed E-state index contributed by atoms with van der Waals surface area (Å²) in [6, 6.07) is 1.22. The van der Waals surface area contributed by atoms with Crippen molar-refractivity contribution in [3.05, 3.63) is 0 Å². The topological polar surface area (TPSA) is 32.3 Å². The number of aliphatic hydroxyl groups excluding tert-OH is 1. The largest absolute Gasteiger partial charge is 0.393 e. The van der Waals surface area contributed by atoms with Crippen molar-refractivity contribution >= 4 is 0 Å². The molecule has 72 valence electrons. The molecule has 2 N–H and O–H groups in total. The summed E-state index contributed by atoms with van der Waals surface area (Å²) < 4.78 is 0. The summed E-state index contributed by atoms with van der Waals surface area (Å²) in [4.78, 5) is 0. The molecule has 2 heteroatoms. The zero-order valence-corrected chi connectivity index (χ0v) is 8.21. The van der Waals surface area contributed by atoms with E-state index in [-0.39, 0.29) is 6.10 Å². The maximum absolute atomic E-state index is 9.41. The van der Waals surface area contributed by atoms with Crippen LogP contribution in [0.5, 0.6) is 0 Å². The molecule has 1 aliphatic rings. The van der Waals surface area contributed by atoms with Crippen molar-refractivity contribution in [3.63, 3.8) is 0 Å². The van der Waals surface area contributed by atoms with Gasteiger partial charge in [-0.15, -0.1) is 0 Å². The highest BCUT2D eigenvalue weighted by Crippen LogP contribution is 2.18. The van der Waals surface area contributed by atoms with E-state index in [2.05, 4.69) is 19.2 Å². The molecule has 1 aliphatic carbocycles. The highest BCUT2D eigenvalue weighted by molar-refractivity contribution is 4.75. The Labute approximate surface area is 75.4 Å². The number of aliphatic hydroxyl groups is 1. The number of nitrogens with one attached hydrogen (secondary N) is 1. The van der Waals surface area contributed by atoms with Gasteiger partial charge in [0.15, 0.2) is 0 Å². The molecule has 0 unspecified atom stereocenters. The van der Waals surface area contributed by atoms with Crippen LogP contribution in [-0.4, -0.2) is 23.3 Å². The lowest BCUT2D eigenvalue weighted by Crippen LogP contribution is -2.34. The molecule has 0 heterocycles. The Morgan fingerprint density at radius 1 is 1.17 bits per heavy atom. The average Bonchev–Trinajstić information content (AvgIpc) is 2.15. The molecular weight excluding hydrogens is 150 g/mol. The van der Waals surface area contributed by atoms with E-state index in [4.69, 9.17) is 0 Å². The van der Waals surface area contributed by atoms with Gasteiger partial charge in [-0.2, -0.15) is 0 Å². The summed E-state index contributed by atoms with van der Waals surface area (Å²) in [6.07, 6.45) is 5.48. The van der Waals surface area contributed by atoms with Crippen LogP contribution in [0.1, 0.15) is 46.0 Å². The first-order valence-corrected chi connectivity index (χ1v) is 5.12. The number of rotatable bonds is 2. The molecular formula is C10H21NO. The van der Waals surface area contributed by atoms with Crippen LogP contribution in [-0.2, 0) is 0 Å². The first kappa shape index (κ1) is 10.0. The van der Waals surface area contributed by atoms with E-state index in [1.807, 2.05) is 0 Å². The maximum Gasteiger partial charge on any atom is 0.0540 e. The van der Waals surface area contributed by atoms with Gasteiger partial charge in [-0.3, -0.25) is 0 Å². The van der Waals surface area contributed by atoms with E-state index in [1.165, 1.54) is 12.8 Å². The SMILES string of the molecule is CC(C)N[C@@H]1CCC[C@@H](O)CC1. The number of hydrogen-bond donors (Lipinski definition) is 2. The van der Waals surface area contributed by atoms with Gasteiger partial charge in [0, 0.05) is 12.1 Å². The molecule has 0 spiro atoms. The quantitative estimate of drug-likeness (QED) is 0.620. The van der Waals surface area contributed by atoms with Crippen molar-refractivity contribution in [2.24, 2.45) is 0 Å². The van der Waals surface area contributed by atoms with E-state index < -0.39 is 0 Å². The van der Waals surface area contributed by atoms with Crippen LogP contribution in [0.15, 0.2) is 0 Å². The molecule has 1 fully saturated rings. The monoisotopic (exact) mass is 171 g/mol. The van der Waals surface area contributed by atoms with Gasteiger partial charge in [0.25, 0.3) is 0 Å². The Hall–Kier alpha value is -0.0800. The summed E-state index contributed by atoms with van der Waals surface area (Å²) >= 11 is 0. The molecule has 1 rings (SSSR count). The summed E-state index contributed by atoms with van der Waals surface area (Å²) in [6.45, 7) is 4.36. The van der Waals surface area contributed by atoms with Crippen molar-refractivity contribution in [2.45, 2.75) is 64.1 Å². The molecule has 1 saturated carbocycles. The fraction of sp³-hybridized carbons (Fsp3) is 1.00. The van der Waals surface area contributed by atoms with Crippen molar-refractivity contribution in [2.75, 3.05) is 0 Å². The third-order valence-corrected chi connectivity index (χ3v) is 2.51. The first-order chi connectivity index (χ1) is 5.68. The second-order valence-electron chi connectivity index (χ2n) is 4.18. The fourth-order valence-corrected chi connectivity index (χ4v) is 1.92. The molecule has 12 heavy (non-hydrogen) atoms. The highest BCUT2D eigenvalue weighted by Gasteiger charge is 2.16. The highest BCUT2D eigenvalue weighted by atomic mass is 16.3. The van der Waals surface area contributed by atoms with Crippen LogP contribution >= 0.6 is 0 Å². The Kier molecular flexibility index (Phi) is 4.02. The summed E-state index contributed by atoms with van der Waals surface area (Å²) in [5.74, 6) is 0. The minimum Gasteiger partial charge on any atom is -0.393 e. The molecule has 0 saturated heterocycles. The fourth-order valence-electron chi connectivity index (χ4n) is 1.92. The normalized spacial score (nSPS) is 32.0. The van der Waals surface area contributed by atoms with Gasteiger partial charge in [0.1, 0.15) is 0 Å². The van der Waals surface area contributed by atoms with E-state index in [9.17, 15) is 5.11 Å². The van der Waals surface area contributed by atoms with Crippen LogP contribution in [0, 0.1) is 0 Å². The van der Waals surface area contributed by atoms with Crippen LogP contribution in [0.4, 0.5) is 0 Å². The van der Waals surface area contributed by atoms with E-state index >= 15 is 0 Å². The van der Waals surface area contributed by atoms with Gasteiger partial charge in [-0.1, -0.05) is 13.8 Å². The van der Waals surface area contributed by atoms with Crippen molar-refractivity contribution in [1.82, 2.24) is 5.32 Å². The van der Waals surface area contributed by atoms with Crippen molar-refractivity contribution in [3.8, 4) is 0 Å². The lowest BCUT2D eigenvalue weighted by atomic mass is 10.1. The second kappa shape index (κ2) is 4.83. The molecule has 0 radical (unpaired) electrons. The first-order valence-electron chi connectivity index (χ1n) is 5.12. The van der Waals surface area contributed by atoms with Crippen LogP contribution in [0.2, 0.25) is 0 Å². The predicted molar refractivity (Wildman–Crippen MR) is 51.2 cm³/mol. The van der Waals surface area contributed by atoms with Gasteiger partial charge in [0.2, 0.25) is 0 Å². The second-order valence-corrected chi connectivity index (χ2v) is 4.18. The van der Waals surface area contributed by atoms with Gasteiger partial charge >= 0.3 is 0 Å². The third kappa shape index (κ3) is 3.55. The lowest BCUT2D eigenvalue weighted by Gasteiger charge is -2.18. The Morgan fingerprint density at radius 3 is 2.58 bits per heavy atom. The summed E-state index contributed by atoms with van der Waals surface area (Å²) in [7, 11) is 0. The number of hydrogen-bond acceptors (Lipinski definition) is 2. The molecule has 0 aromatic heterocycles. The standard InChI is InChI=1S/C10H21NO/c1-8(2)11-9-4-3-5-10(12)7-6-9/h8-12H,3-7H2,1-2H3/t9-,10-/m1/s1. The maximum atomic E-state index is 9.41. The Morgan fingerprint density at radius 2 is 1.92 bits per heavy atom. The third-order valence-electron chi connectivity index (χ3n) is 2.51. The summed E-state index contributed by atoms with van der Waals surface area (Å²) in [5.41, 5.74) is 0. The molecule has 0 bridgehead atoms. The van der Waals surface area contributed by atoms with Crippen molar-refractivity contribution in [1.29, 1.82) is 0 Å². The smallest absolute Gasteiger partial charge is 0.0540 e. The van der Waals surface area contributed by atoms with Crippen molar-refractivity contribution < 1.29 is 5.11 Å². The average molecular weight is 171 g/mol. The van der Waals surface area contributed by atoms with E-state index in [0.717, 1.165) is 19.3 Å². The van der Waals surface area contributed by atoms with Gasteiger partial charge in [-0.25, -0.2) is 0 Å². The van der Waals surface area contributed by atoms with Crippen LogP contribution in [0.3, 0.4) is 0 Å². The zero-order valence-electron chi connectivity index (χ0n) is 8.21. The Bertz CT molecular complexity index is 125. The molecule has 0 amide bonds. The zero-order chi connectivity index (χ0) is 8.97. The Balaban J connectivity index is 2.26. The molecule has 2 atom stereocenters. The van der Waals surface area contributed by atoms with Gasteiger partial charge in [-0.05, 0) is 32.1 Å². The van der Waals surface area contributed by atoms with Crippen LogP contribution < -0.4 is 5.32 Å². The van der Waals surface area contributed by atoms with E-state index in [1.54, 1.807) is 0 Å². The minimum atomic E-state index is -0.0380. The van der Waals surface area contributed by atoms with Gasteiger partial charge < -0.3 is 10.4 Å². The van der Waals surface area contributed by atoms with E-state index in [0.29, 0.717) is 12.1 Å². The molecule has 0 aromatic rings. The molecule has 0 aromatic carbocycles. The van der Waals surface area contributed by atoms with Crippen LogP contribution in [0.25, 0.3) is 0 Å². The molecule has 2 nitrogen and oxygen atoms in total. The van der Waals surface area contributed by atoms with Gasteiger partial charge in [0.05, 0.1) is 6.10 Å². The lowest BCUT2D eigenvalue weighted by molar-refractivity contribution is 0.156. The molecule has 0 aliphatic heterocycles.